The summed E-state index contributed by atoms with van der Waals surface area (Å²) in [4.78, 5) is 11.6. The van der Waals surface area contributed by atoms with Gasteiger partial charge in [-0.1, -0.05) is 19.3 Å². The van der Waals surface area contributed by atoms with Gasteiger partial charge >= 0.3 is 5.97 Å². The lowest BCUT2D eigenvalue weighted by atomic mass is 9.69. The van der Waals surface area contributed by atoms with Crippen molar-refractivity contribution in [2.75, 3.05) is 6.61 Å². The van der Waals surface area contributed by atoms with Crippen molar-refractivity contribution in [3.05, 3.63) is 0 Å². The van der Waals surface area contributed by atoms with Gasteiger partial charge in [0, 0.05) is 0 Å². The molecule has 0 aromatic carbocycles. The minimum atomic E-state index is -0.138. The quantitative estimate of drug-likeness (QED) is 0.582. The van der Waals surface area contributed by atoms with Crippen molar-refractivity contribution in [1.29, 1.82) is 0 Å². The van der Waals surface area contributed by atoms with Gasteiger partial charge in [0.05, 0.1) is 12.0 Å². The lowest BCUT2D eigenvalue weighted by molar-refractivity contribution is -0.148. The summed E-state index contributed by atoms with van der Waals surface area (Å²) in [7, 11) is 0. The molecule has 1 heterocycles. The van der Waals surface area contributed by atoms with Crippen molar-refractivity contribution in [2.45, 2.75) is 45.4 Å². The first kappa shape index (κ1) is 9.04. The minimum Gasteiger partial charge on any atom is -0.465 e. The molecule has 2 nitrogen and oxygen atoms in total. The van der Waals surface area contributed by atoms with E-state index in [0.717, 1.165) is 6.42 Å². The third-order valence-electron chi connectivity index (χ3n) is 3.83. The highest BCUT2D eigenvalue weighted by Gasteiger charge is 2.46. The van der Waals surface area contributed by atoms with Gasteiger partial charge in [0.1, 0.15) is 0 Å². The van der Waals surface area contributed by atoms with Crippen LogP contribution in [-0.2, 0) is 9.53 Å². The van der Waals surface area contributed by atoms with E-state index in [0.29, 0.717) is 12.5 Å². The number of rotatable bonds is 1. The first-order chi connectivity index (χ1) is 6.23. The van der Waals surface area contributed by atoms with Gasteiger partial charge in [-0.05, 0) is 32.1 Å². The molecule has 1 aliphatic carbocycles. The van der Waals surface area contributed by atoms with Crippen LogP contribution in [0.1, 0.15) is 45.4 Å². The maximum Gasteiger partial charge on any atom is 0.312 e. The predicted octanol–water partition coefficient (Wildman–Crippen LogP) is 2.52. The Balaban J connectivity index is 2.08. The second-order valence-corrected chi connectivity index (χ2v) is 4.64. The fraction of sp³-hybridized carbons (Fsp3) is 0.909. The normalized spacial score (nSPS) is 36.2. The van der Waals surface area contributed by atoms with Gasteiger partial charge in [0.25, 0.3) is 0 Å². The topological polar surface area (TPSA) is 26.3 Å². The zero-order chi connectivity index (χ0) is 9.31. The van der Waals surface area contributed by atoms with Gasteiger partial charge in [-0.2, -0.15) is 0 Å². The number of hydrogen-bond acceptors (Lipinski definition) is 2. The van der Waals surface area contributed by atoms with Crippen molar-refractivity contribution in [1.82, 2.24) is 0 Å². The van der Waals surface area contributed by atoms with Crippen molar-refractivity contribution in [3.8, 4) is 0 Å². The van der Waals surface area contributed by atoms with E-state index in [1.54, 1.807) is 0 Å². The highest BCUT2D eigenvalue weighted by atomic mass is 16.5. The molecule has 0 radical (unpaired) electrons. The van der Waals surface area contributed by atoms with Crippen LogP contribution in [0.5, 0.6) is 0 Å². The standard InChI is InChI=1S/C11H18O2/c1-11(7-8-13-10(11)12)9-5-3-2-4-6-9/h9H,2-8H2,1H3. The first-order valence-electron chi connectivity index (χ1n) is 5.41. The summed E-state index contributed by atoms with van der Waals surface area (Å²) in [5, 5.41) is 0. The van der Waals surface area contributed by atoms with Crippen molar-refractivity contribution in [3.63, 3.8) is 0 Å². The highest BCUT2D eigenvalue weighted by Crippen LogP contribution is 2.44. The third-order valence-corrected chi connectivity index (χ3v) is 3.83. The van der Waals surface area contributed by atoms with Crippen LogP contribution in [-0.4, -0.2) is 12.6 Å². The molecule has 2 rings (SSSR count). The highest BCUT2D eigenvalue weighted by molar-refractivity contribution is 5.78. The maximum atomic E-state index is 11.6. The van der Waals surface area contributed by atoms with Crippen molar-refractivity contribution >= 4 is 5.97 Å². The van der Waals surface area contributed by atoms with E-state index in [9.17, 15) is 4.79 Å². The van der Waals surface area contributed by atoms with E-state index in [4.69, 9.17) is 4.74 Å². The van der Waals surface area contributed by atoms with Crippen LogP contribution < -0.4 is 0 Å². The van der Waals surface area contributed by atoms with Crippen LogP contribution in [0.25, 0.3) is 0 Å². The van der Waals surface area contributed by atoms with Gasteiger partial charge in [0.2, 0.25) is 0 Å². The summed E-state index contributed by atoms with van der Waals surface area (Å²) < 4.78 is 5.08. The summed E-state index contributed by atoms with van der Waals surface area (Å²) >= 11 is 0. The van der Waals surface area contributed by atoms with Crippen LogP contribution in [0.4, 0.5) is 0 Å². The Labute approximate surface area is 79.7 Å². The lowest BCUT2D eigenvalue weighted by Gasteiger charge is -2.33. The van der Waals surface area contributed by atoms with Crippen molar-refractivity contribution in [2.24, 2.45) is 11.3 Å². The molecule has 0 spiro atoms. The summed E-state index contributed by atoms with van der Waals surface area (Å²) in [5.41, 5.74) is -0.138. The van der Waals surface area contributed by atoms with Crippen LogP contribution in [0.3, 0.4) is 0 Å². The Morgan fingerprint density at radius 3 is 2.54 bits per heavy atom. The summed E-state index contributed by atoms with van der Waals surface area (Å²) in [6, 6.07) is 0. The summed E-state index contributed by atoms with van der Waals surface area (Å²) in [5.74, 6) is 0.649. The van der Waals surface area contributed by atoms with Crippen molar-refractivity contribution < 1.29 is 9.53 Å². The summed E-state index contributed by atoms with van der Waals surface area (Å²) in [6.45, 7) is 2.74. The molecule has 1 atom stereocenters. The largest absolute Gasteiger partial charge is 0.465 e. The number of cyclic esters (lactones) is 1. The zero-order valence-corrected chi connectivity index (χ0v) is 8.34. The molecule has 2 heteroatoms. The molecule has 0 aromatic rings. The monoisotopic (exact) mass is 182 g/mol. The van der Waals surface area contributed by atoms with Crippen LogP contribution in [0, 0.1) is 11.3 Å². The Morgan fingerprint density at radius 1 is 1.31 bits per heavy atom. The van der Waals surface area contributed by atoms with Gasteiger partial charge < -0.3 is 4.74 Å². The fourth-order valence-electron chi connectivity index (χ4n) is 2.73. The predicted molar refractivity (Wildman–Crippen MR) is 50.3 cm³/mol. The molecule has 74 valence electrons. The molecule has 2 aliphatic rings. The maximum absolute atomic E-state index is 11.6. The van der Waals surface area contributed by atoms with Crippen LogP contribution >= 0.6 is 0 Å². The molecule has 0 bridgehead atoms. The first-order valence-corrected chi connectivity index (χ1v) is 5.41. The molecule has 1 saturated carbocycles. The number of carbonyl (C=O) groups excluding carboxylic acids is 1. The summed E-state index contributed by atoms with van der Waals surface area (Å²) in [6.07, 6.45) is 7.34. The van der Waals surface area contributed by atoms with E-state index >= 15 is 0 Å². The molecule has 0 aromatic heterocycles. The molecule has 13 heavy (non-hydrogen) atoms. The second-order valence-electron chi connectivity index (χ2n) is 4.64. The molecule has 0 amide bonds. The molecule has 1 unspecified atom stereocenters. The van der Waals surface area contributed by atoms with Gasteiger partial charge in [-0.3, -0.25) is 4.79 Å². The third kappa shape index (κ3) is 1.47. The van der Waals surface area contributed by atoms with E-state index in [2.05, 4.69) is 6.92 Å². The van der Waals surface area contributed by atoms with Gasteiger partial charge in [-0.25, -0.2) is 0 Å². The zero-order valence-electron chi connectivity index (χ0n) is 8.34. The number of carbonyl (C=O) groups is 1. The van der Waals surface area contributed by atoms with E-state index in [1.165, 1.54) is 32.1 Å². The SMILES string of the molecule is CC1(C2CCCCC2)CCOC1=O. The van der Waals surface area contributed by atoms with E-state index in [1.807, 2.05) is 0 Å². The van der Waals surface area contributed by atoms with E-state index in [-0.39, 0.29) is 11.4 Å². The molecular formula is C11H18O2. The molecule has 1 aliphatic heterocycles. The molecule has 1 saturated heterocycles. The smallest absolute Gasteiger partial charge is 0.312 e. The average molecular weight is 182 g/mol. The average Bonchev–Trinajstić information content (AvgIpc) is 2.50. The van der Waals surface area contributed by atoms with Crippen LogP contribution in [0.15, 0.2) is 0 Å². The van der Waals surface area contributed by atoms with Gasteiger partial charge in [-0.15, -0.1) is 0 Å². The Bertz CT molecular complexity index is 206. The lowest BCUT2D eigenvalue weighted by Crippen LogP contribution is -2.33. The Morgan fingerprint density at radius 2 is 2.00 bits per heavy atom. The number of hydrogen-bond donors (Lipinski definition) is 0. The molecule has 2 fully saturated rings. The fourth-order valence-corrected chi connectivity index (χ4v) is 2.73. The number of esters is 1. The van der Waals surface area contributed by atoms with Crippen LogP contribution in [0.2, 0.25) is 0 Å². The molecule has 0 N–H and O–H groups in total. The minimum absolute atomic E-state index is 0.0550. The second kappa shape index (κ2) is 3.32. The molecular weight excluding hydrogens is 164 g/mol. The van der Waals surface area contributed by atoms with E-state index < -0.39 is 0 Å². The number of ether oxygens (including phenoxy) is 1. The van der Waals surface area contributed by atoms with Gasteiger partial charge in [0.15, 0.2) is 0 Å². The Hall–Kier alpha value is -0.530. The Kier molecular flexibility index (Phi) is 2.31.